The van der Waals surface area contributed by atoms with Gasteiger partial charge < -0.3 is 31.1 Å². The largest absolute Gasteiger partial charge is 0.494 e. The third kappa shape index (κ3) is 7.48. The number of aliphatic carboxylic acids is 1. The van der Waals surface area contributed by atoms with Crippen molar-refractivity contribution in [3.63, 3.8) is 0 Å². The number of hydrogen-bond donors (Lipinski definition) is 5. The number of benzene rings is 1. The molecule has 0 atom stereocenters. The zero-order valence-electron chi connectivity index (χ0n) is 22.5. The number of rotatable bonds is 9. The second-order valence-corrected chi connectivity index (χ2v) is 9.46. The SMILES string of the molecule is CNC(=O)c1nnc(NC(=O)C2CC2)cc1Nc1cccc(-c2ncn(CC3CNC3)n2)c1OC.O=C(O)C(F)(F)F. The number of carboxylic acids is 1. The molecule has 0 radical (unpaired) electrons. The minimum absolute atomic E-state index is 0.0106. The zero-order chi connectivity index (χ0) is 30.4. The third-order valence-corrected chi connectivity index (χ3v) is 6.26. The summed E-state index contributed by atoms with van der Waals surface area (Å²) >= 11 is 0. The lowest BCUT2D eigenvalue weighted by Crippen LogP contribution is -2.44. The molecule has 2 aliphatic rings. The van der Waals surface area contributed by atoms with E-state index in [0.29, 0.717) is 34.4 Å². The number of carboxylic acid groups (broad SMARTS) is 1. The Morgan fingerprint density at radius 2 is 1.88 bits per heavy atom. The van der Waals surface area contributed by atoms with Gasteiger partial charge in [-0.25, -0.2) is 9.78 Å². The van der Waals surface area contributed by atoms with Gasteiger partial charge in [0.1, 0.15) is 6.33 Å². The van der Waals surface area contributed by atoms with Crippen molar-refractivity contribution >= 4 is 35.0 Å². The standard InChI is InChI=1S/C23H27N9O3.C2HF3O2/c1-24-23(34)19-17(8-18(29-30-19)28-22(33)14-6-7-14)27-16-5-3-4-15(20(16)35-2)21-26-12-32(31-21)11-13-9-25-10-13;3-2(4,5)1(6)7/h3-5,8,12-14,25H,6-7,9-11H2,1-2H3,(H,24,34)(H2,27,28,29,33);(H,6,7). The van der Waals surface area contributed by atoms with E-state index >= 15 is 0 Å². The second-order valence-electron chi connectivity index (χ2n) is 9.46. The van der Waals surface area contributed by atoms with Gasteiger partial charge in [0, 0.05) is 44.6 Å². The van der Waals surface area contributed by atoms with Crippen molar-refractivity contribution in [2.75, 3.05) is 37.9 Å². The fraction of sp³-hybridized carbons (Fsp3) is 0.400. The average Bonchev–Trinajstić information content (AvgIpc) is 3.68. The molecule has 1 aliphatic carbocycles. The Kier molecular flexibility index (Phi) is 9.19. The molecule has 3 aromatic rings. The molecular formula is C25H28F3N9O5. The van der Waals surface area contributed by atoms with E-state index in [1.807, 2.05) is 22.9 Å². The number of amides is 2. The summed E-state index contributed by atoms with van der Waals surface area (Å²) in [6.07, 6.45) is -1.63. The third-order valence-electron chi connectivity index (χ3n) is 6.26. The second kappa shape index (κ2) is 12.8. The Morgan fingerprint density at radius 1 is 1.17 bits per heavy atom. The van der Waals surface area contributed by atoms with Gasteiger partial charge in [0.25, 0.3) is 5.91 Å². The number of halogens is 3. The Balaban J connectivity index is 0.000000517. The number of hydrogen-bond acceptors (Lipinski definition) is 10. The van der Waals surface area contributed by atoms with Gasteiger partial charge in [-0.05, 0) is 25.0 Å². The smallest absolute Gasteiger partial charge is 0.490 e. The van der Waals surface area contributed by atoms with Crippen molar-refractivity contribution in [3.8, 4) is 17.1 Å². The van der Waals surface area contributed by atoms with Gasteiger partial charge in [-0.3, -0.25) is 14.3 Å². The molecule has 0 unspecified atom stereocenters. The van der Waals surface area contributed by atoms with Crippen LogP contribution in [0.25, 0.3) is 11.4 Å². The predicted molar refractivity (Wildman–Crippen MR) is 142 cm³/mol. The zero-order valence-corrected chi connectivity index (χ0v) is 22.5. The fourth-order valence-electron chi connectivity index (χ4n) is 3.83. The first kappa shape index (κ1) is 30.2. The van der Waals surface area contributed by atoms with E-state index < -0.39 is 18.1 Å². The summed E-state index contributed by atoms with van der Waals surface area (Å²) in [7, 11) is 3.08. The molecule has 1 saturated carbocycles. The molecule has 1 aliphatic heterocycles. The van der Waals surface area contributed by atoms with E-state index in [4.69, 9.17) is 14.6 Å². The van der Waals surface area contributed by atoms with Crippen LogP contribution in [0.3, 0.4) is 0 Å². The molecule has 5 rings (SSSR count). The highest BCUT2D eigenvalue weighted by molar-refractivity contribution is 6.00. The first-order valence-electron chi connectivity index (χ1n) is 12.8. The van der Waals surface area contributed by atoms with Crippen LogP contribution in [0.4, 0.5) is 30.4 Å². The Morgan fingerprint density at radius 3 is 2.45 bits per heavy atom. The monoisotopic (exact) mass is 591 g/mol. The summed E-state index contributed by atoms with van der Waals surface area (Å²) in [6.45, 7) is 2.76. The highest BCUT2D eigenvalue weighted by Gasteiger charge is 2.38. The van der Waals surface area contributed by atoms with Crippen molar-refractivity contribution in [2.24, 2.45) is 11.8 Å². The molecule has 17 heteroatoms. The van der Waals surface area contributed by atoms with Crippen molar-refractivity contribution in [1.29, 1.82) is 0 Å². The summed E-state index contributed by atoms with van der Waals surface area (Å²) in [4.78, 5) is 38.0. The fourth-order valence-corrected chi connectivity index (χ4v) is 3.83. The molecule has 3 heterocycles. The maximum atomic E-state index is 12.4. The van der Waals surface area contributed by atoms with Crippen LogP contribution in [0, 0.1) is 11.8 Å². The molecule has 2 aromatic heterocycles. The molecule has 224 valence electrons. The predicted octanol–water partition coefficient (Wildman–Crippen LogP) is 2.05. The van der Waals surface area contributed by atoms with E-state index in [-0.39, 0.29) is 23.3 Å². The van der Waals surface area contributed by atoms with E-state index in [0.717, 1.165) is 32.5 Å². The highest BCUT2D eigenvalue weighted by Crippen LogP contribution is 2.37. The number of ether oxygens (including phenoxy) is 1. The van der Waals surface area contributed by atoms with E-state index in [2.05, 4.69) is 41.5 Å². The number of carbonyl (C=O) groups excluding carboxylic acids is 2. The van der Waals surface area contributed by atoms with Crippen LogP contribution in [0.1, 0.15) is 23.3 Å². The maximum Gasteiger partial charge on any atom is 0.490 e. The number of nitrogens with one attached hydrogen (secondary N) is 4. The summed E-state index contributed by atoms with van der Waals surface area (Å²) in [5, 5.41) is 31.6. The van der Waals surface area contributed by atoms with Crippen molar-refractivity contribution < 1.29 is 37.4 Å². The highest BCUT2D eigenvalue weighted by atomic mass is 19.4. The van der Waals surface area contributed by atoms with Crippen LogP contribution in [0.2, 0.25) is 0 Å². The number of alkyl halides is 3. The van der Waals surface area contributed by atoms with E-state index in [1.54, 1.807) is 19.5 Å². The molecule has 0 spiro atoms. The quantitative estimate of drug-likeness (QED) is 0.245. The summed E-state index contributed by atoms with van der Waals surface area (Å²) in [5.41, 5.74) is 1.74. The van der Waals surface area contributed by atoms with E-state index in [9.17, 15) is 22.8 Å². The van der Waals surface area contributed by atoms with Crippen molar-refractivity contribution in [2.45, 2.75) is 25.6 Å². The Hall–Kier alpha value is -4.80. The van der Waals surface area contributed by atoms with Gasteiger partial charge in [0.15, 0.2) is 23.1 Å². The number of methoxy groups -OCH3 is 1. The van der Waals surface area contributed by atoms with Gasteiger partial charge in [-0.1, -0.05) is 6.07 Å². The van der Waals surface area contributed by atoms with Crippen LogP contribution in [0.5, 0.6) is 5.75 Å². The van der Waals surface area contributed by atoms with Crippen molar-refractivity contribution in [3.05, 3.63) is 36.3 Å². The molecule has 1 aromatic carbocycles. The Bertz CT molecular complexity index is 1460. The molecule has 5 N–H and O–H groups in total. The first-order chi connectivity index (χ1) is 20.0. The number of aromatic nitrogens is 5. The average molecular weight is 592 g/mol. The molecule has 1 saturated heterocycles. The maximum absolute atomic E-state index is 12.4. The minimum atomic E-state index is -5.08. The van der Waals surface area contributed by atoms with Crippen LogP contribution in [0.15, 0.2) is 30.6 Å². The number of nitrogens with zero attached hydrogens (tertiary/aromatic N) is 5. The van der Waals surface area contributed by atoms with E-state index in [1.165, 1.54) is 7.05 Å². The summed E-state index contributed by atoms with van der Waals surface area (Å²) < 4.78 is 39.3. The molecular weight excluding hydrogens is 563 g/mol. The molecule has 2 amide bonds. The van der Waals surface area contributed by atoms with Gasteiger partial charge >= 0.3 is 12.1 Å². The van der Waals surface area contributed by atoms with Crippen LogP contribution in [-0.2, 0) is 16.1 Å². The van der Waals surface area contributed by atoms with Gasteiger partial charge in [-0.2, -0.15) is 18.3 Å². The number of para-hydroxylation sites is 1. The lowest BCUT2D eigenvalue weighted by Gasteiger charge is -2.26. The lowest BCUT2D eigenvalue weighted by atomic mass is 10.0. The number of carbonyl (C=O) groups is 3. The topological polar surface area (TPSA) is 185 Å². The van der Waals surface area contributed by atoms with Crippen LogP contribution < -0.4 is 26.0 Å². The van der Waals surface area contributed by atoms with Gasteiger partial charge in [-0.15, -0.1) is 10.2 Å². The first-order valence-corrected chi connectivity index (χ1v) is 12.8. The Labute approximate surface area is 237 Å². The van der Waals surface area contributed by atoms with Crippen molar-refractivity contribution in [1.82, 2.24) is 35.6 Å². The number of anilines is 3. The van der Waals surface area contributed by atoms with Crippen LogP contribution in [-0.4, -0.2) is 81.3 Å². The molecule has 14 nitrogen and oxygen atoms in total. The normalized spacial score (nSPS) is 14.6. The summed E-state index contributed by atoms with van der Waals surface area (Å²) in [6, 6.07) is 7.13. The lowest BCUT2D eigenvalue weighted by molar-refractivity contribution is -0.192. The molecule has 0 bridgehead atoms. The molecule has 2 fully saturated rings. The minimum Gasteiger partial charge on any atom is -0.494 e. The van der Waals surface area contributed by atoms with Gasteiger partial charge in [0.05, 0.1) is 24.0 Å². The van der Waals surface area contributed by atoms with Gasteiger partial charge in [0.2, 0.25) is 5.91 Å². The van der Waals surface area contributed by atoms with Crippen LogP contribution >= 0.6 is 0 Å². The summed E-state index contributed by atoms with van der Waals surface area (Å²) in [5.74, 6) is -1.40. The molecule has 42 heavy (non-hydrogen) atoms.